The van der Waals surface area contributed by atoms with Gasteiger partial charge in [-0.05, 0) is 29.7 Å². The minimum Gasteiger partial charge on any atom is -0.398 e. The summed E-state index contributed by atoms with van der Waals surface area (Å²) in [6.07, 6.45) is 1.68. The van der Waals surface area contributed by atoms with Crippen molar-refractivity contribution in [1.82, 2.24) is 9.78 Å². The van der Waals surface area contributed by atoms with E-state index in [1.165, 1.54) is 12.1 Å². The van der Waals surface area contributed by atoms with Gasteiger partial charge in [-0.3, -0.25) is 4.68 Å². The number of hydrogen-bond donors (Lipinski definition) is 1. The first-order chi connectivity index (χ1) is 8.00. The number of nitrogen functional groups attached to an aromatic ring is 1. The van der Waals surface area contributed by atoms with Gasteiger partial charge in [0.25, 0.3) is 0 Å². The van der Waals surface area contributed by atoms with Crippen molar-refractivity contribution in [2.24, 2.45) is 7.05 Å². The van der Waals surface area contributed by atoms with Crippen molar-refractivity contribution < 1.29 is 4.39 Å². The number of hydrogen-bond acceptors (Lipinski definition) is 2. The topological polar surface area (TPSA) is 43.8 Å². The summed E-state index contributed by atoms with van der Waals surface area (Å²) in [5.41, 5.74) is 9.10. The molecule has 90 valence electrons. The molecule has 4 heteroatoms. The standard InChI is InChI=1S/C13H16FN3/c1-8(2)10-6-9(14)7-11(13(10)15)12-4-5-16-17(12)3/h4-8H,15H2,1-3H3. The minimum atomic E-state index is -0.265. The fourth-order valence-electron chi connectivity index (χ4n) is 1.97. The van der Waals surface area contributed by atoms with E-state index in [0.717, 1.165) is 11.3 Å². The maximum absolute atomic E-state index is 13.6. The summed E-state index contributed by atoms with van der Waals surface area (Å²) in [6, 6.07) is 4.79. The van der Waals surface area contributed by atoms with Gasteiger partial charge in [-0.2, -0.15) is 5.10 Å². The van der Waals surface area contributed by atoms with Crippen LogP contribution in [0.5, 0.6) is 0 Å². The third-order valence-electron chi connectivity index (χ3n) is 2.90. The molecular formula is C13H16FN3. The molecule has 0 amide bonds. The quantitative estimate of drug-likeness (QED) is 0.810. The van der Waals surface area contributed by atoms with E-state index in [-0.39, 0.29) is 11.7 Å². The van der Waals surface area contributed by atoms with Gasteiger partial charge in [0.1, 0.15) is 5.82 Å². The molecule has 0 fully saturated rings. The van der Waals surface area contributed by atoms with Crippen molar-refractivity contribution in [2.45, 2.75) is 19.8 Å². The molecule has 2 N–H and O–H groups in total. The van der Waals surface area contributed by atoms with Crippen molar-refractivity contribution in [3.63, 3.8) is 0 Å². The van der Waals surface area contributed by atoms with E-state index in [4.69, 9.17) is 5.73 Å². The molecule has 0 bridgehead atoms. The molecule has 0 aliphatic heterocycles. The molecule has 1 heterocycles. The maximum Gasteiger partial charge on any atom is 0.124 e. The van der Waals surface area contributed by atoms with E-state index in [0.29, 0.717) is 11.3 Å². The fraction of sp³-hybridized carbons (Fsp3) is 0.308. The Balaban J connectivity index is 2.67. The lowest BCUT2D eigenvalue weighted by Gasteiger charge is -2.14. The smallest absolute Gasteiger partial charge is 0.124 e. The van der Waals surface area contributed by atoms with Crippen LogP contribution in [0.3, 0.4) is 0 Å². The lowest BCUT2D eigenvalue weighted by Crippen LogP contribution is -2.03. The highest BCUT2D eigenvalue weighted by molar-refractivity contribution is 5.77. The van der Waals surface area contributed by atoms with E-state index in [1.807, 2.05) is 27.0 Å². The predicted octanol–water partition coefficient (Wildman–Crippen LogP) is 2.93. The molecule has 0 saturated carbocycles. The van der Waals surface area contributed by atoms with Gasteiger partial charge in [0, 0.05) is 24.5 Å². The van der Waals surface area contributed by atoms with Crippen LogP contribution in [0, 0.1) is 5.82 Å². The highest BCUT2D eigenvalue weighted by atomic mass is 19.1. The molecule has 17 heavy (non-hydrogen) atoms. The largest absolute Gasteiger partial charge is 0.398 e. The summed E-state index contributed by atoms with van der Waals surface area (Å²) in [5, 5.41) is 4.08. The number of rotatable bonds is 2. The number of anilines is 1. The molecule has 0 atom stereocenters. The SMILES string of the molecule is CC(C)c1cc(F)cc(-c2ccnn2C)c1N. The Bertz CT molecular complexity index is 544. The van der Waals surface area contributed by atoms with Crippen molar-refractivity contribution in [2.75, 3.05) is 5.73 Å². The Kier molecular flexibility index (Phi) is 2.88. The van der Waals surface area contributed by atoms with E-state index < -0.39 is 0 Å². The zero-order chi connectivity index (χ0) is 12.6. The van der Waals surface area contributed by atoms with Crippen LogP contribution >= 0.6 is 0 Å². The molecule has 2 rings (SSSR count). The molecule has 0 spiro atoms. The predicted molar refractivity (Wildman–Crippen MR) is 67.1 cm³/mol. The summed E-state index contributed by atoms with van der Waals surface area (Å²) in [6.45, 7) is 4.00. The zero-order valence-electron chi connectivity index (χ0n) is 10.2. The Labute approximate surface area is 100 Å². The second kappa shape index (κ2) is 4.20. The second-order valence-electron chi connectivity index (χ2n) is 4.45. The number of aryl methyl sites for hydroxylation is 1. The van der Waals surface area contributed by atoms with Gasteiger partial charge in [0.2, 0.25) is 0 Å². The Morgan fingerprint density at radius 3 is 2.59 bits per heavy atom. The van der Waals surface area contributed by atoms with Gasteiger partial charge in [0.15, 0.2) is 0 Å². The molecule has 0 aliphatic rings. The molecule has 2 aromatic rings. The lowest BCUT2D eigenvalue weighted by molar-refractivity contribution is 0.624. The first kappa shape index (κ1) is 11.6. The monoisotopic (exact) mass is 233 g/mol. The summed E-state index contributed by atoms with van der Waals surface area (Å²) in [4.78, 5) is 0. The molecule has 1 aromatic carbocycles. The molecular weight excluding hydrogens is 217 g/mol. The highest BCUT2D eigenvalue weighted by Gasteiger charge is 2.14. The van der Waals surface area contributed by atoms with Crippen LogP contribution in [0.25, 0.3) is 11.3 Å². The number of benzene rings is 1. The van der Waals surface area contributed by atoms with Gasteiger partial charge in [-0.1, -0.05) is 13.8 Å². The highest BCUT2D eigenvalue weighted by Crippen LogP contribution is 2.33. The first-order valence-electron chi connectivity index (χ1n) is 5.58. The summed E-state index contributed by atoms with van der Waals surface area (Å²) in [5.74, 6) is -0.0724. The number of aromatic nitrogens is 2. The van der Waals surface area contributed by atoms with E-state index in [1.54, 1.807) is 10.9 Å². The van der Waals surface area contributed by atoms with Crippen LogP contribution < -0.4 is 5.73 Å². The van der Waals surface area contributed by atoms with Gasteiger partial charge in [0.05, 0.1) is 5.69 Å². The van der Waals surface area contributed by atoms with E-state index in [9.17, 15) is 4.39 Å². The Morgan fingerprint density at radius 2 is 2.06 bits per heavy atom. The first-order valence-corrected chi connectivity index (χ1v) is 5.58. The van der Waals surface area contributed by atoms with Crippen LogP contribution in [-0.2, 0) is 7.05 Å². The zero-order valence-corrected chi connectivity index (χ0v) is 10.2. The van der Waals surface area contributed by atoms with E-state index in [2.05, 4.69) is 5.10 Å². The molecule has 0 saturated heterocycles. The summed E-state index contributed by atoms with van der Waals surface area (Å²) >= 11 is 0. The van der Waals surface area contributed by atoms with Crippen LogP contribution in [0.1, 0.15) is 25.3 Å². The van der Waals surface area contributed by atoms with Crippen LogP contribution in [0.4, 0.5) is 10.1 Å². The second-order valence-corrected chi connectivity index (χ2v) is 4.45. The number of nitrogens with two attached hydrogens (primary N) is 1. The Hall–Kier alpha value is -1.84. The average molecular weight is 233 g/mol. The van der Waals surface area contributed by atoms with Crippen molar-refractivity contribution in [3.05, 3.63) is 35.8 Å². The van der Waals surface area contributed by atoms with Gasteiger partial charge < -0.3 is 5.73 Å². The summed E-state index contributed by atoms with van der Waals surface area (Å²) < 4.78 is 15.3. The fourth-order valence-corrected chi connectivity index (χ4v) is 1.97. The van der Waals surface area contributed by atoms with Crippen molar-refractivity contribution >= 4 is 5.69 Å². The molecule has 1 aromatic heterocycles. The third-order valence-corrected chi connectivity index (χ3v) is 2.90. The third kappa shape index (κ3) is 2.02. The maximum atomic E-state index is 13.6. The average Bonchev–Trinajstić information content (AvgIpc) is 2.67. The van der Waals surface area contributed by atoms with Crippen molar-refractivity contribution in [3.8, 4) is 11.3 Å². The van der Waals surface area contributed by atoms with Gasteiger partial charge in [-0.15, -0.1) is 0 Å². The molecule has 0 radical (unpaired) electrons. The minimum absolute atomic E-state index is 0.192. The molecule has 0 unspecified atom stereocenters. The van der Waals surface area contributed by atoms with E-state index >= 15 is 0 Å². The van der Waals surface area contributed by atoms with Gasteiger partial charge >= 0.3 is 0 Å². The van der Waals surface area contributed by atoms with Crippen LogP contribution in [0.15, 0.2) is 24.4 Å². The summed E-state index contributed by atoms with van der Waals surface area (Å²) in [7, 11) is 1.81. The number of nitrogens with zero attached hydrogens (tertiary/aromatic N) is 2. The Morgan fingerprint density at radius 1 is 1.35 bits per heavy atom. The van der Waals surface area contributed by atoms with Crippen LogP contribution in [0.2, 0.25) is 0 Å². The lowest BCUT2D eigenvalue weighted by atomic mass is 9.96. The normalized spacial score (nSPS) is 11.1. The van der Waals surface area contributed by atoms with Crippen LogP contribution in [-0.4, -0.2) is 9.78 Å². The molecule has 3 nitrogen and oxygen atoms in total. The van der Waals surface area contributed by atoms with Gasteiger partial charge in [-0.25, -0.2) is 4.39 Å². The number of halogens is 1. The van der Waals surface area contributed by atoms with Crippen molar-refractivity contribution in [1.29, 1.82) is 0 Å². The molecule has 0 aliphatic carbocycles.